The van der Waals surface area contributed by atoms with Gasteiger partial charge in [0.15, 0.2) is 0 Å². The molecule has 0 bridgehead atoms. The molecule has 2 heteroatoms. The van der Waals surface area contributed by atoms with Gasteiger partial charge < -0.3 is 5.73 Å². The summed E-state index contributed by atoms with van der Waals surface area (Å²) in [6.45, 7) is 7.36. The van der Waals surface area contributed by atoms with Crippen molar-refractivity contribution in [3.63, 3.8) is 0 Å². The maximum atomic E-state index is 5.94. The van der Waals surface area contributed by atoms with Gasteiger partial charge in [-0.3, -0.25) is 4.90 Å². The second-order valence-corrected chi connectivity index (χ2v) is 5.14. The number of hydrogen-bond acceptors (Lipinski definition) is 2. The summed E-state index contributed by atoms with van der Waals surface area (Å²) in [5.41, 5.74) is 5.94. The van der Waals surface area contributed by atoms with Crippen molar-refractivity contribution in [2.24, 2.45) is 17.6 Å². The van der Waals surface area contributed by atoms with E-state index in [2.05, 4.69) is 18.7 Å². The Balaban J connectivity index is 1.89. The minimum absolute atomic E-state index is 0.483. The molecule has 2 fully saturated rings. The molecule has 2 aliphatic rings. The van der Waals surface area contributed by atoms with Crippen LogP contribution >= 0.6 is 0 Å². The molecule has 1 saturated heterocycles. The molecule has 1 heterocycles. The van der Waals surface area contributed by atoms with Gasteiger partial charge in [-0.05, 0) is 31.1 Å². The van der Waals surface area contributed by atoms with Gasteiger partial charge in [0, 0.05) is 25.2 Å². The standard InChI is InChI=1S/C11H22N2/c1-8-6-13(7-9(8)2)11-4-3-10(12)5-11/h8-11H,3-7,12H2,1-2H3. The predicted molar refractivity (Wildman–Crippen MR) is 55.5 cm³/mol. The first-order valence-corrected chi connectivity index (χ1v) is 5.66. The summed E-state index contributed by atoms with van der Waals surface area (Å²) >= 11 is 0. The Morgan fingerprint density at radius 1 is 1.08 bits per heavy atom. The van der Waals surface area contributed by atoms with E-state index in [1.54, 1.807) is 0 Å². The summed E-state index contributed by atoms with van der Waals surface area (Å²) in [5.74, 6) is 1.77. The van der Waals surface area contributed by atoms with Crippen LogP contribution in [0.2, 0.25) is 0 Å². The van der Waals surface area contributed by atoms with Crippen molar-refractivity contribution >= 4 is 0 Å². The highest BCUT2D eigenvalue weighted by Gasteiger charge is 2.34. The highest BCUT2D eigenvalue weighted by Crippen LogP contribution is 2.30. The van der Waals surface area contributed by atoms with E-state index in [4.69, 9.17) is 5.73 Å². The van der Waals surface area contributed by atoms with E-state index in [1.165, 1.54) is 32.4 Å². The zero-order chi connectivity index (χ0) is 9.42. The Morgan fingerprint density at radius 2 is 1.69 bits per heavy atom. The van der Waals surface area contributed by atoms with Gasteiger partial charge in [0.25, 0.3) is 0 Å². The SMILES string of the molecule is CC1CN(C2CCC(N)C2)CC1C. The molecular weight excluding hydrogens is 160 g/mol. The maximum absolute atomic E-state index is 5.94. The molecule has 0 aromatic rings. The fourth-order valence-electron chi connectivity index (χ4n) is 2.80. The van der Waals surface area contributed by atoms with E-state index in [1.807, 2.05) is 0 Å². The third-order valence-corrected chi connectivity index (χ3v) is 3.98. The Hall–Kier alpha value is -0.0800. The fraction of sp³-hybridized carbons (Fsp3) is 1.00. The Morgan fingerprint density at radius 3 is 2.15 bits per heavy atom. The predicted octanol–water partition coefficient (Wildman–Crippen LogP) is 1.45. The van der Waals surface area contributed by atoms with E-state index < -0.39 is 0 Å². The van der Waals surface area contributed by atoms with Crippen molar-refractivity contribution in [1.82, 2.24) is 4.90 Å². The smallest absolute Gasteiger partial charge is 0.0111 e. The van der Waals surface area contributed by atoms with Crippen molar-refractivity contribution in [3.8, 4) is 0 Å². The monoisotopic (exact) mass is 182 g/mol. The second-order valence-electron chi connectivity index (χ2n) is 5.14. The van der Waals surface area contributed by atoms with Gasteiger partial charge in [-0.1, -0.05) is 13.8 Å². The lowest BCUT2D eigenvalue weighted by Gasteiger charge is -2.23. The van der Waals surface area contributed by atoms with Crippen molar-refractivity contribution in [2.45, 2.75) is 45.2 Å². The Labute approximate surface area is 81.5 Å². The van der Waals surface area contributed by atoms with E-state index in [0.29, 0.717) is 6.04 Å². The summed E-state index contributed by atoms with van der Waals surface area (Å²) in [6, 6.07) is 1.29. The van der Waals surface area contributed by atoms with Crippen LogP contribution in [0.3, 0.4) is 0 Å². The molecule has 4 atom stereocenters. The lowest BCUT2D eigenvalue weighted by atomic mass is 10.0. The van der Waals surface area contributed by atoms with Crippen molar-refractivity contribution in [3.05, 3.63) is 0 Å². The topological polar surface area (TPSA) is 29.3 Å². The largest absolute Gasteiger partial charge is 0.328 e. The Bertz CT molecular complexity index is 171. The van der Waals surface area contributed by atoms with Crippen LogP contribution in [0, 0.1) is 11.8 Å². The summed E-state index contributed by atoms with van der Waals surface area (Å²) < 4.78 is 0. The van der Waals surface area contributed by atoms with E-state index in [-0.39, 0.29) is 0 Å². The van der Waals surface area contributed by atoms with Crippen LogP contribution in [0.4, 0.5) is 0 Å². The molecule has 1 aliphatic carbocycles. The van der Waals surface area contributed by atoms with Crippen LogP contribution in [-0.2, 0) is 0 Å². The van der Waals surface area contributed by atoms with Crippen LogP contribution in [0.5, 0.6) is 0 Å². The number of nitrogens with zero attached hydrogens (tertiary/aromatic N) is 1. The summed E-state index contributed by atoms with van der Waals surface area (Å²) in [7, 11) is 0. The first-order valence-electron chi connectivity index (χ1n) is 5.66. The normalized spacial score (nSPS) is 47.3. The van der Waals surface area contributed by atoms with E-state index in [0.717, 1.165) is 17.9 Å². The lowest BCUT2D eigenvalue weighted by molar-refractivity contribution is 0.234. The molecule has 4 unspecified atom stereocenters. The fourth-order valence-corrected chi connectivity index (χ4v) is 2.80. The van der Waals surface area contributed by atoms with E-state index in [9.17, 15) is 0 Å². The van der Waals surface area contributed by atoms with Gasteiger partial charge in [-0.2, -0.15) is 0 Å². The first-order chi connectivity index (χ1) is 6.16. The third kappa shape index (κ3) is 1.89. The summed E-state index contributed by atoms with van der Waals surface area (Å²) in [6.07, 6.45) is 3.81. The lowest BCUT2D eigenvalue weighted by Crippen LogP contribution is -2.32. The minimum Gasteiger partial charge on any atom is -0.328 e. The van der Waals surface area contributed by atoms with Crippen LogP contribution in [0.15, 0.2) is 0 Å². The van der Waals surface area contributed by atoms with Gasteiger partial charge in [-0.25, -0.2) is 0 Å². The van der Waals surface area contributed by atoms with E-state index >= 15 is 0 Å². The molecule has 0 aromatic carbocycles. The number of rotatable bonds is 1. The average Bonchev–Trinajstić information content (AvgIpc) is 2.61. The quantitative estimate of drug-likeness (QED) is 0.665. The number of likely N-dealkylation sites (tertiary alicyclic amines) is 1. The van der Waals surface area contributed by atoms with Gasteiger partial charge in [0.05, 0.1) is 0 Å². The van der Waals surface area contributed by atoms with Gasteiger partial charge in [0.1, 0.15) is 0 Å². The molecule has 0 radical (unpaired) electrons. The summed E-state index contributed by atoms with van der Waals surface area (Å²) in [5, 5.41) is 0. The molecule has 2 N–H and O–H groups in total. The molecule has 2 nitrogen and oxygen atoms in total. The zero-order valence-electron chi connectivity index (χ0n) is 8.87. The van der Waals surface area contributed by atoms with Gasteiger partial charge in [0.2, 0.25) is 0 Å². The van der Waals surface area contributed by atoms with Crippen molar-refractivity contribution in [1.29, 1.82) is 0 Å². The molecule has 0 aromatic heterocycles. The molecule has 1 saturated carbocycles. The van der Waals surface area contributed by atoms with Crippen LogP contribution < -0.4 is 5.73 Å². The highest BCUT2D eigenvalue weighted by molar-refractivity contribution is 4.89. The number of hydrogen-bond donors (Lipinski definition) is 1. The first kappa shape index (κ1) is 9.47. The minimum atomic E-state index is 0.483. The molecule has 0 spiro atoms. The summed E-state index contributed by atoms with van der Waals surface area (Å²) in [4.78, 5) is 2.67. The van der Waals surface area contributed by atoms with Gasteiger partial charge in [-0.15, -0.1) is 0 Å². The molecule has 76 valence electrons. The highest BCUT2D eigenvalue weighted by atomic mass is 15.2. The van der Waals surface area contributed by atoms with Gasteiger partial charge >= 0.3 is 0 Å². The molecule has 1 aliphatic heterocycles. The molecule has 0 amide bonds. The molecule has 13 heavy (non-hydrogen) atoms. The van der Waals surface area contributed by atoms with Crippen LogP contribution in [-0.4, -0.2) is 30.1 Å². The Kier molecular flexibility index (Phi) is 2.61. The maximum Gasteiger partial charge on any atom is 0.0111 e. The molecule has 2 rings (SSSR count). The van der Waals surface area contributed by atoms with Crippen LogP contribution in [0.25, 0.3) is 0 Å². The number of nitrogens with two attached hydrogens (primary N) is 1. The van der Waals surface area contributed by atoms with Crippen LogP contribution in [0.1, 0.15) is 33.1 Å². The second kappa shape index (κ2) is 3.58. The third-order valence-electron chi connectivity index (χ3n) is 3.98. The average molecular weight is 182 g/mol. The molecular formula is C11H22N2. The zero-order valence-corrected chi connectivity index (χ0v) is 8.87. The van der Waals surface area contributed by atoms with Crippen molar-refractivity contribution < 1.29 is 0 Å². The van der Waals surface area contributed by atoms with Crippen molar-refractivity contribution in [2.75, 3.05) is 13.1 Å².